The second kappa shape index (κ2) is 6.14. The van der Waals surface area contributed by atoms with Crippen molar-refractivity contribution < 1.29 is 13.2 Å². The van der Waals surface area contributed by atoms with Crippen molar-refractivity contribution in [3.05, 3.63) is 35.4 Å². The molecule has 0 amide bonds. The number of hydrogen-bond donors (Lipinski definition) is 1. The van der Waals surface area contributed by atoms with Gasteiger partial charge in [-0.25, -0.2) is 0 Å². The summed E-state index contributed by atoms with van der Waals surface area (Å²) in [6, 6.07) is 4.98. The zero-order chi connectivity index (χ0) is 14.8. The van der Waals surface area contributed by atoms with E-state index in [1.165, 1.54) is 12.5 Å². The van der Waals surface area contributed by atoms with Gasteiger partial charge in [0.25, 0.3) is 0 Å². The number of rotatable bonds is 3. The minimum atomic E-state index is -4.31. The van der Waals surface area contributed by atoms with E-state index in [9.17, 15) is 13.2 Å². The van der Waals surface area contributed by atoms with Crippen molar-refractivity contribution in [1.82, 2.24) is 4.90 Å². The van der Waals surface area contributed by atoms with Crippen molar-refractivity contribution in [2.24, 2.45) is 11.7 Å². The van der Waals surface area contributed by atoms with Crippen LogP contribution in [0.4, 0.5) is 13.2 Å². The Hall–Kier alpha value is -1.07. The predicted molar refractivity (Wildman–Crippen MR) is 73.2 cm³/mol. The Bertz CT molecular complexity index is 445. The first kappa shape index (κ1) is 15.3. The van der Waals surface area contributed by atoms with Crippen LogP contribution in [-0.4, -0.2) is 24.5 Å². The van der Waals surface area contributed by atoms with E-state index in [1.54, 1.807) is 6.07 Å². The van der Waals surface area contributed by atoms with Crippen molar-refractivity contribution in [2.45, 2.75) is 32.0 Å². The van der Waals surface area contributed by atoms with Crippen LogP contribution in [0.2, 0.25) is 0 Å². The molecule has 2 unspecified atom stereocenters. The molecule has 1 aliphatic rings. The molecule has 2 atom stereocenters. The van der Waals surface area contributed by atoms with Gasteiger partial charge in [0.05, 0.1) is 5.56 Å². The van der Waals surface area contributed by atoms with E-state index < -0.39 is 11.7 Å². The van der Waals surface area contributed by atoms with E-state index in [4.69, 9.17) is 5.73 Å². The molecule has 2 rings (SSSR count). The first-order valence-electron chi connectivity index (χ1n) is 7.01. The zero-order valence-corrected chi connectivity index (χ0v) is 11.7. The van der Waals surface area contributed by atoms with Crippen LogP contribution in [0.15, 0.2) is 24.3 Å². The molecule has 1 aromatic rings. The van der Waals surface area contributed by atoms with E-state index in [0.717, 1.165) is 31.6 Å². The third-order valence-electron chi connectivity index (χ3n) is 3.84. The lowest BCUT2D eigenvalue weighted by atomic mass is 9.98. The molecule has 5 heteroatoms. The minimum absolute atomic E-state index is 0.373. The molecule has 1 saturated heterocycles. The van der Waals surface area contributed by atoms with Gasteiger partial charge in [-0.05, 0) is 43.0 Å². The average molecular weight is 286 g/mol. The number of halogens is 3. The molecular formula is C15H21F3N2. The Labute approximate surface area is 117 Å². The molecule has 0 radical (unpaired) electrons. The van der Waals surface area contributed by atoms with E-state index in [2.05, 4.69) is 11.8 Å². The van der Waals surface area contributed by atoms with Crippen molar-refractivity contribution in [3.8, 4) is 0 Å². The van der Waals surface area contributed by atoms with E-state index in [0.29, 0.717) is 18.0 Å². The SMILES string of the molecule is CC1CCCN(CC(N)c2cccc(C(F)(F)F)c2)C1. The second-order valence-corrected chi connectivity index (χ2v) is 5.74. The number of benzene rings is 1. The summed E-state index contributed by atoms with van der Waals surface area (Å²) in [7, 11) is 0. The van der Waals surface area contributed by atoms with Gasteiger partial charge in [0, 0.05) is 19.1 Å². The predicted octanol–water partition coefficient (Wildman–Crippen LogP) is 3.44. The molecule has 112 valence electrons. The first-order valence-corrected chi connectivity index (χ1v) is 7.01. The van der Waals surface area contributed by atoms with Gasteiger partial charge < -0.3 is 10.6 Å². The molecule has 0 saturated carbocycles. The third-order valence-corrected chi connectivity index (χ3v) is 3.84. The Morgan fingerprint density at radius 1 is 1.40 bits per heavy atom. The Morgan fingerprint density at radius 3 is 2.80 bits per heavy atom. The number of piperidine rings is 1. The normalized spacial score (nSPS) is 22.8. The summed E-state index contributed by atoms with van der Waals surface area (Å²) < 4.78 is 38.1. The van der Waals surface area contributed by atoms with Gasteiger partial charge in [-0.3, -0.25) is 0 Å². The number of nitrogens with zero attached hydrogens (tertiary/aromatic N) is 1. The van der Waals surface area contributed by atoms with Crippen LogP contribution in [0, 0.1) is 5.92 Å². The quantitative estimate of drug-likeness (QED) is 0.922. The van der Waals surface area contributed by atoms with Crippen molar-refractivity contribution in [3.63, 3.8) is 0 Å². The van der Waals surface area contributed by atoms with Crippen LogP contribution in [0.25, 0.3) is 0 Å². The van der Waals surface area contributed by atoms with E-state index >= 15 is 0 Å². The molecule has 0 spiro atoms. The standard InChI is InChI=1S/C15H21F3N2/c1-11-4-3-7-20(9-11)10-14(19)12-5-2-6-13(8-12)15(16,17)18/h2,5-6,8,11,14H,3-4,7,9-10,19H2,1H3. The van der Waals surface area contributed by atoms with E-state index in [1.807, 2.05) is 0 Å². The number of hydrogen-bond acceptors (Lipinski definition) is 2. The van der Waals surface area contributed by atoms with Crippen molar-refractivity contribution in [2.75, 3.05) is 19.6 Å². The van der Waals surface area contributed by atoms with Crippen LogP contribution >= 0.6 is 0 Å². The minimum Gasteiger partial charge on any atom is -0.323 e. The largest absolute Gasteiger partial charge is 0.416 e. The fourth-order valence-corrected chi connectivity index (χ4v) is 2.78. The van der Waals surface area contributed by atoms with Crippen molar-refractivity contribution in [1.29, 1.82) is 0 Å². The lowest BCUT2D eigenvalue weighted by molar-refractivity contribution is -0.137. The molecule has 2 nitrogen and oxygen atoms in total. The topological polar surface area (TPSA) is 29.3 Å². The smallest absolute Gasteiger partial charge is 0.323 e. The maximum absolute atomic E-state index is 12.7. The maximum Gasteiger partial charge on any atom is 0.416 e. The first-order chi connectivity index (χ1) is 9.36. The fraction of sp³-hybridized carbons (Fsp3) is 0.600. The van der Waals surface area contributed by atoms with Crippen LogP contribution in [-0.2, 0) is 6.18 Å². The molecule has 1 aliphatic heterocycles. The Kier molecular flexibility index (Phi) is 4.70. The molecular weight excluding hydrogens is 265 g/mol. The van der Waals surface area contributed by atoms with Crippen LogP contribution in [0.3, 0.4) is 0 Å². The lowest BCUT2D eigenvalue weighted by Crippen LogP contribution is -2.39. The van der Waals surface area contributed by atoms with Gasteiger partial charge in [-0.2, -0.15) is 13.2 Å². The summed E-state index contributed by atoms with van der Waals surface area (Å²) in [6.45, 7) is 4.78. The summed E-state index contributed by atoms with van der Waals surface area (Å²) in [5.41, 5.74) is 6.00. The van der Waals surface area contributed by atoms with Gasteiger partial charge in [0.1, 0.15) is 0 Å². The molecule has 20 heavy (non-hydrogen) atoms. The monoisotopic (exact) mass is 286 g/mol. The molecule has 1 fully saturated rings. The number of nitrogens with two attached hydrogens (primary N) is 1. The molecule has 1 heterocycles. The molecule has 2 N–H and O–H groups in total. The number of likely N-dealkylation sites (tertiary alicyclic amines) is 1. The van der Waals surface area contributed by atoms with Crippen LogP contribution < -0.4 is 5.73 Å². The zero-order valence-electron chi connectivity index (χ0n) is 11.7. The Balaban J connectivity index is 2.03. The molecule has 1 aromatic carbocycles. The average Bonchev–Trinajstić information content (AvgIpc) is 2.38. The highest BCUT2D eigenvalue weighted by Crippen LogP contribution is 2.30. The van der Waals surface area contributed by atoms with Gasteiger partial charge in [0.2, 0.25) is 0 Å². The molecule has 0 aliphatic carbocycles. The van der Waals surface area contributed by atoms with Gasteiger partial charge >= 0.3 is 6.18 Å². The summed E-state index contributed by atoms with van der Waals surface area (Å²) in [6.07, 6.45) is -1.96. The van der Waals surface area contributed by atoms with Gasteiger partial charge in [-0.15, -0.1) is 0 Å². The lowest BCUT2D eigenvalue weighted by Gasteiger charge is -2.32. The fourth-order valence-electron chi connectivity index (χ4n) is 2.78. The Morgan fingerprint density at radius 2 is 2.15 bits per heavy atom. The van der Waals surface area contributed by atoms with Crippen LogP contribution in [0.5, 0.6) is 0 Å². The van der Waals surface area contributed by atoms with Gasteiger partial charge in [0.15, 0.2) is 0 Å². The van der Waals surface area contributed by atoms with Crippen molar-refractivity contribution >= 4 is 0 Å². The van der Waals surface area contributed by atoms with Crippen LogP contribution in [0.1, 0.15) is 36.9 Å². The summed E-state index contributed by atoms with van der Waals surface area (Å²) in [5, 5.41) is 0. The molecule has 0 aromatic heterocycles. The number of alkyl halides is 3. The summed E-state index contributed by atoms with van der Waals surface area (Å²) >= 11 is 0. The highest BCUT2D eigenvalue weighted by molar-refractivity contribution is 5.28. The molecule has 0 bridgehead atoms. The van der Waals surface area contributed by atoms with Gasteiger partial charge in [-0.1, -0.05) is 19.1 Å². The second-order valence-electron chi connectivity index (χ2n) is 5.74. The highest BCUT2D eigenvalue weighted by Gasteiger charge is 2.31. The summed E-state index contributed by atoms with van der Waals surface area (Å²) in [5.74, 6) is 0.637. The summed E-state index contributed by atoms with van der Waals surface area (Å²) in [4.78, 5) is 2.25. The third kappa shape index (κ3) is 3.96. The maximum atomic E-state index is 12.7. The van der Waals surface area contributed by atoms with E-state index in [-0.39, 0.29) is 6.04 Å². The highest BCUT2D eigenvalue weighted by atomic mass is 19.4.